The Morgan fingerprint density at radius 3 is 2.75 bits per heavy atom. The fourth-order valence-corrected chi connectivity index (χ4v) is 2.73. The Bertz CT molecular complexity index is 504. The molecule has 0 unspecified atom stereocenters. The van der Waals surface area contributed by atoms with E-state index in [1.807, 2.05) is 20.8 Å². The maximum atomic E-state index is 12.1. The summed E-state index contributed by atoms with van der Waals surface area (Å²) in [4.78, 5) is 25.1. The molecule has 2 rings (SSSR count). The van der Waals surface area contributed by atoms with Gasteiger partial charge in [-0.05, 0) is 13.8 Å². The lowest BCUT2D eigenvalue weighted by Crippen LogP contribution is -2.34. The lowest BCUT2D eigenvalue weighted by atomic mass is 9.99. The van der Waals surface area contributed by atoms with E-state index in [4.69, 9.17) is 4.52 Å². The minimum Gasteiger partial charge on any atom is -0.361 e. The Morgan fingerprint density at radius 2 is 2.25 bits per heavy atom. The number of aromatic nitrogens is 1. The molecule has 0 radical (unpaired) electrons. The van der Waals surface area contributed by atoms with Gasteiger partial charge in [0.1, 0.15) is 5.76 Å². The van der Waals surface area contributed by atoms with Crippen LogP contribution in [0.4, 0.5) is 0 Å². The fraction of sp³-hybridized carbons (Fsp3) is 0.643. The van der Waals surface area contributed by atoms with Crippen molar-refractivity contribution in [3.63, 3.8) is 0 Å². The molecular formula is C14H21N3O3. The minimum absolute atomic E-state index is 0.0314. The molecular weight excluding hydrogens is 258 g/mol. The predicted octanol–water partition coefficient (Wildman–Crippen LogP) is 0.989. The molecule has 0 bridgehead atoms. The smallest absolute Gasteiger partial charge is 0.225 e. The van der Waals surface area contributed by atoms with Crippen LogP contribution in [0.1, 0.15) is 36.3 Å². The summed E-state index contributed by atoms with van der Waals surface area (Å²) in [5.74, 6) is 0.676. The first-order valence-corrected chi connectivity index (χ1v) is 6.84. The molecule has 1 fully saturated rings. The summed E-state index contributed by atoms with van der Waals surface area (Å²) in [7, 11) is 1.72. The second kappa shape index (κ2) is 5.64. The monoisotopic (exact) mass is 279 g/mol. The van der Waals surface area contributed by atoms with Crippen LogP contribution in [-0.4, -0.2) is 42.0 Å². The number of amides is 2. The molecule has 110 valence electrons. The van der Waals surface area contributed by atoms with E-state index in [9.17, 15) is 9.59 Å². The molecule has 1 saturated heterocycles. The van der Waals surface area contributed by atoms with Gasteiger partial charge >= 0.3 is 0 Å². The van der Waals surface area contributed by atoms with Crippen molar-refractivity contribution < 1.29 is 14.1 Å². The SMILES string of the molecule is Cc1noc(C)c1[C@H](C)CNC(=O)[C@H]1CC(=O)N(C)C1. The highest BCUT2D eigenvalue weighted by Crippen LogP contribution is 2.23. The molecule has 1 aliphatic heterocycles. The van der Waals surface area contributed by atoms with Crippen LogP contribution in [0.3, 0.4) is 0 Å². The normalized spacial score (nSPS) is 20.3. The van der Waals surface area contributed by atoms with E-state index in [-0.39, 0.29) is 23.7 Å². The van der Waals surface area contributed by atoms with E-state index in [0.29, 0.717) is 19.5 Å². The lowest BCUT2D eigenvalue weighted by Gasteiger charge is -2.15. The highest BCUT2D eigenvalue weighted by molar-refractivity contribution is 5.89. The zero-order valence-corrected chi connectivity index (χ0v) is 12.4. The van der Waals surface area contributed by atoms with Crippen molar-refractivity contribution in [1.82, 2.24) is 15.4 Å². The van der Waals surface area contributed by atoms with Gasteiger partial charge in [-0.2, -0.15) is 0 Å². The van der Waals surface area contributed by atoms with Crippen molar-refractivity contribution >= 4 is 11.8 Å². The zero-order chi connectivity index (χ0) is 14.9. The third kappa shape index (κ3) is 2.84. The first kappa shape index (κ1) is 14.6. The first-order valence-electron chi connectivity index (χ1n) is 6.84. The van der Waals surface area contributed by atoms with Crippen molar-refractivity contribution in [3.8, 4) is 0 Å². The molecule has 1 aliphatic rings. The van der Waals surface area contributed by atoms with Gasteiger partial charge in [-0.3, -0.25) is 9.59 Å². The Labute approximate surface area is 118 Å². The molecule has 0 aromatic carbocycles. The average Bonchev–Trinajstić information content (AvgIpc) is 2.90. The zero-order valence-electron chi connectivity index (χ0n) is 12.4. The first-order chi connectivity index (χ1) is 9.40. The molecule has 6 heteroatoms. The number of likely N-dealkylation sites (tertiary alicyclic amines) is 1. The van der Waals surface area contributed by atoms with Crippen LogP contribution in [0.25, 0.3) is 0 Å². The Morgan fingerprint density at radius 1 is 1.55 bits per heavy atom. The van der Waals surface area contributed by atoms with Crippen LogP contribution < -0.4 is 5.32 Å². The molecule has 20 heavy (non-hydrogen) atoms. The van der Waals surface area contributed by atoms with Crippen LogP contribution in [0.2, 0.25) is 0 Å². The van der Waals surface area contributed by atoms with Crippen molar-refractivity contribution in [3.05, 3.63) is 17.0 Å². The summed E-state index contributed by atoms with van der Waals surface area (Å²) in [6, 6.07) is 0. The van der Waals surface area contributed by atoms with Crippen LogP contribution in [0.5, 0.6) is 0 Å². The lowest BCUT2D eigenvalue weighted by molar-refractivity contribution is -0.128. The summed E-state index contributed by atoms with van der Waals surface area (Å²) in [5, 5.41) is 6.84. The van der Waals surface area contributed by atoms with Crippen LogP contribution >= 0.6 is 0 Å². The van der Waals surface area contributed by atoms with E-state index in [2.05, 4.69) is 10.5 Å². The van der Waals surface area contributed by atoms with Gasteiger partial charge in [0, 0.05) is 38.0 Å². The molecule has 2 atom stereocenters. The number of aryl methyl sites for hydroxylation is 2. The van der Waals surface area contributed by atoms with E-state index < -0.39 is 0 Å². The largest absolute Gasteiger partial charge is 0.361 e. The molecule has 2 heterocycles. The van der Waals surface area contributed by atoms with Gasteiger partial charge in [-0.25, -0.2) is 0 Å². The molecule has 0 spiro atoms. The van der Waals surface area contributed by atoms with Crippen LogP contribution in [-0.2, 0) is 9.59 Å². The Balaban J connectivity index is 1.89. The highest BCUT2D eigenvalue weighted by atomic mass is 16.5. The average molecular weight is 279 g/mol. The molecule has 1 N–H and O–H groups in total. The minimum atomic E-state index is -0.232. The van der Waals surface area contributed by atoms with Gasteiger partial charge in [-0.15, -0.1) is 0 Å². The molecule has 1 aromatic rings. The number of hydrogen-bond donors (Lipinski definition) is 1. The quantitative estimate of drug-likeness (QED) is 0.891. The summed E-state index contributed by atoms with van der Waals surface area (Å²) in [6.07, 6.45) is 0.308. The third-order valence-electron chi connectivity index (χ3n) is 3.88. The van der Waals surface area contributed by atoms with E-state index >= 15 is 0 Å². The van der Waals surface area contributed by atoms with Crippen LogP contribution in [0.15, 0.2) is 4.52 Å². The number of nitrogens with one attached hydrogen (secondary N) is 1. The predicted molar refractivity (Wildman–Crippen MR) is 73.1 cm³/mol. The van der Waals surface area contributed by atoms with E-state index in [0.717, 1.165) is 17.0 Å². The molecule has 2 amide bonds. The number of carbonyl (C=O) groups excluding carboxylic acids is 2. The van der Waals surface area contributed by atoms with Gasteiger partial charge < -0.3 is 14.7 Å². The third-order valence-corrected chi connectivity index (χ3v) is 3.88. The second-order valence-corrected chi connectivity index (χ2v) is 5.56. The van der Waals surface area contributed by atoms with E-state index in [1.165, 1.54) is 0 Å². The Hall–Kier alpha value is -1.85. The number of hydrogen-bond acceptors (Lipinski definition) is 4. The Kier molecular flexibility index (Phi) is 4.11. The summed E-state index contributed by atoms with van der Waals surface area (Å²) in [5.41, 5.74) is 1.91. The highest BCUT2D eigenvalue weighted by Gasteiger charge is 2.32. The summed E-state index contributed by atoms with van der Waals surface area (Å²) < 4.78 is 5.14. The van der Waals surface area contributed by atoms with Crippen molar-refractivity contribution in [1.29, 1.82) is 0 Å². The van der Waals surface area contributed by atoms with Gasteiger partial charge in [0.15, 0.2) is 0 Å². The number of rotatable bonds is 4. The van der Waals surface area contributed by atoms with Crippen molar-refractivity contribution in [2.75, 3.05) is 20.1 Å². The van der Waals surface area contributed by atoms with E-state index in [1.54, 1.807) is 11.9 Å². The van der Waals surface area contributed by atoms with Gasteiger partial charge in [-0.1, -0.05) is 12.1 Å². The van der Waals surface area contributed by atoms with Gasteiger partial charge in [0.25, 0.3) is 0 Å². The van der Waals surface area contributed by atoms with Crippen molar-refractivity contribution in [2.24, 2.45) is 5.92 Å². The summed E-state index contributed by atoms with van der Waals surface area (Å²) >= 11 is 0. The standard InChI is InChI=1S/C14H21N3O3/c1-8(13-9(2)16-20-10(13)3)6-15-14(19)11-5-12(18)17(4)7-11/h8,11H,5-7H2,1-4H3,(H,15,19)/t8-,11+/m1/s1. The molecule has 0 aliphatic carbocycles. The molecule has 0 saturated carbocycles. The topological polar surface area (TPSA) is 75.4 Å². The second-order valence-electron chi connectivity index (χ2n) is 5.56. The van der Waals surface area contributed by atoms with Crippen molar-refractivity contribution in [2.45, 2.75) is 33.1 Å². The molecule has 6 nitrogen and oxygen atoms in total. The fourth-order valence-electron chi connectivity index (χ4n) is 2.73. The molecule has 1 aromatic heterocycles. The van der Waals surface area contributed by atoms with Gasteiger partial charge in [0.05, 0.1) is 11.6 Å². The van der Waals surface area contributed by atoms with Crippen LogP contribution in [0, 0.1) is 19.8 Å². The van der Waals surface area contributed by atoms with Gasteiger partial charge in [0.2, 0.25) is 11.8 Å². The maximum Gasteiger partial charge on any atom is 0.225 e. The maximum absolute atomic E-state index is 12.1. The number of nitrogens with zero attached hydrogens (tertiary/aromatic N) is 2. The number of carbonyl (C=O) groups is 2. The summed E-state index contributed by atoms with van der Waals surface area (Å²) in [6.45, 7) is 6.83.